The van der Waals surface area contributed by atoms with E-state index in [9.17, 15) is 9.59 Å². The average molecular weight is 543 g/mol. The Balaban J connectivity index is 1.51. The van der Waals surface area contributed by atoms with Crippen LogP contribution in [0, 0.1) is 6.92 Å². The van der Waals surface area contributed by atoms with E-state index in [1.165, 1.54) is 29.7 Å². The molecule has 1 aliphatic rings. The van der Waals surface area contributed by atoms with E-state index in [1.807, 2.05) is 25.1 Å². The molecule has 0 saturated heterocycles. The normalized spacial score (nSPS) is 14.6. The van der Waals surface area contributed by atoms with Gasteiger partial charge >= 0.3 is 11.9 Å². The Morgan fingerprint density at radius 3 is 2.85 bits per heavy atom. The number of carbonyl (C=O) groups is 2. The molecule has 0 amide bonds. The van der Waals surface area contributed by atoms with Gasteiger partial charge in [0.05, 0.1) is 11.3 Å². The van der Waals surface area contributed by atoms with Gasteiger partial charge in [-0.05, 0) is 55.0 Å². The number of esters is 2. The molecule has 9 heteroatoms. The Hall–Kier alpha value is -3.20. The summed E-state index contributed by atoms with van der Waals surface area (Å²) in [7, 11) is 0. The van der Waals surface area contributed by atoms with Crippen molar-refractivity contribution in [1.29, 1.82) is 0 Å². The number of fused-ring (bicyclic) bond motifs is 1. The lowest BCUT2D eigenvalue weighted by molar-refractivity contribution is -0.129. The van der Waals surface area contributed by atoms with Gasteiger partial charge in [-0.25, -0.2) is 14.6 Å². The van der Waals surface area contributed by atoms with Crippen LogP contribution in [0.15, 0.2) is 74.4 Å². The van der Waals surface area contributed by atoms with Gasteiger partial charge in [0.1, 0.15) is 10.6 Å². The third-order valence-electron chi connectivity index (χ3n) is 4.79. The lowest BCUT2D eigenvalue weighted by Gasteiger charge is -2.07. The molecule has 0 saturated carbocycles. The summed E-state index contributed by atoms with van der Waals surface area (Å²) in [5, 5.41) is 1.36. The molecule has 33 heavy (non-hydrogen) atoms. The number of hydrogen-bond donors (Lipinski definition) is 0. The molecular weight excluding hydrogens is 530 g/mol. The molecule has 5 rings (SSSR count). The smallest absolute Gasteiger partial charge is 0.379 e. The van der Waals surface area contributed by atoms with Gasteiger partial charge in [-0.2, -0.15) is 0 Å². The summed E-state index contributed by atoms with van der Waals surface area (Å²) in [6.07, 6.45) is 2.88. The summed E-state index contributed by atoms with van der Waals surface area (Å²) in [6, 6.07) is 14.0. The van der Waals surface area contributed by atoms with Crippen LogP contribution in [0.4, 0.5) is 0 Å². The molecule has 164 valence electrons. The lowest BCUT2D eigenvalue weighted by Crippen LogP contribution is -2.08. The maximum atomic E-state index is 12.6. The van der Waals surface area contributed by atoms with E-state index in [-0.39, 0.29) is 23.1 Å². The van der Waals surface area contributed by atoms with Crippen molar-refractivity contribution in [1.82, 2.24) is 0 Å². The number of nitrogens with zero attached hydrogens (tertiary/aromatic N) is 1. The van der Waals surface area contributed by atoms with Crippen LogP contribution in [-0.4, -0.2) is 17.8 Å². The molecule has 0 radical (unpaired) electrons. The van der Waals surface area contributed by atoms with Crippen LogP contribution >= 0.6 is 38.9 Å². The van der Waals surface area contributed by atoms with Crippen molar-refractivity contribution in [2.75, 3.05) is 0 Å². The highest BCUT2D eigenvalue weighted by atomic mass is 79.9. The zero-order valence-corrected chi connectivity index (χ0v) is 20.1. The van der Waals surface area contributed by atoms with Crippen LogP contribution in [0.25, 0.3) is 16.2 Å². The van der Waals surface area contributed by atoms with Crippen molar-refractivity contribution in [2.24, 2.45) is 4.99 Å². The van der Waals surface area contributed by atoms with E-state index in [2.05, 4.69) is 20.9 Å². The molecule has 4 aromatic rings. The van der Waals surface area contributed by atoms with Crippen molar-refractivity contribution in [3.8, 4) is 5.75 Å². The number of aryl methyl sites for hydroxylation is 1. The number of aliphatic imine (C=N–C) groups is 1. The van der Waals surface area contributed by atoms with Crippen LogP contribution in [0.1, 0.15) is 26.6 Å². The predicted octanol–water partition coefficient (Wildman–Crippen LogP) is 6.78. The van der Waals surface area contributed by atoms with E-state index in [0.29, 0.717) is 15.5 Å². The molecule has 0 bridgehead atoms. The minimum atomic E-state index is -0.660. The van der Waals surface area contributed by atoms with Crippen LogP contribution < -0.4 is 4.74 Å². The maximum Gasteiger partial charge on any atom is 0.379 e. The Bertz CT molecular complexity index is 1490. The summed E-state index contributed by atoms with van der Waals surface area (Å²) >= 11 is 11.3. The fourth-order valence-electron chi connectivity index (χ4n) is 3.23. The van der Waals surface area contributed by atoms with E-state index >= 15 is 0 Å². The van der Waals surface area contributed by atoms with Gasteiger partial charge in [-0.1, -0.05) is 39.7 Å². The van der Waals surface area contributed by atoms with Gasteiger partial charge in [0.15, 0.2) is 5.70 Å². The number of hydrogen-bond acceptors (Lipinski definition) is 7. The SMILES string of the molecule is Cc1ccc2c(Cl)c(C3=N/C(=C/c4cc(Br)ccc4OC(=O)c4ccco4)C(=O)O3)sc2c1. The third kappa shape index (κ3) is 4.25. The summed E-state index contributed by atoms with van der Waals surface area (Å²) < 4.78 is 17.7. The zero-order valence-electron chi connectivity index (χ0n) is 16.9. The number of furan rings is 1. The highest BCUT2D eigenvalue weighted by molar-refractivity contribution is 9.10. The fraction of sp³-hybridized carbons (Fsp3) is 0.0417. The number of cyclic esters (lactones) is 1. The van der Waals surface area contributed by atoms with Crippen LogP contribution in [-0.2, 0) is 9.53 Å². The van der Waals surface area contributed by atoms with Gasteiger partial charge in [0.25, 0.3) is 0 Å². The van der Waals surface area contributed by atoms with Gasteiger partial charge in [0, 0.05) is 20.1 Å². The number of thiophene rings is 1. The molecule has 0 atom stereocenters. The van der Waals surface area contributed by atoms with Crippen molar-refractivity contribution in [3.05, 3.63) is 91.8 Å². The van der Waals surface area contributed by atoms with Crippen LogP contribution in [0.2, 0.25) is 5.02 Å². The summed E-state index contributed by atoms with van der Waals surface area (Å²) in [6.45, 7) is 2.00. The molecule has 0 spiro atoms. The Kier molecular flexibility index (Phi) is 5.65. The topological polar surface area (TPSA) is 78.1 Å². The van der Waals surface area contributed by atoms with Crippen LogP contribution in [0.5, 0.6) is 5.75 Å². The van der Waals surface area contributed by atoms with E-state index < -0.39 is 11.9 Å². The minimum Gasteiger partial charge on any atom is -0.457 e. The van der Waals surface area contributed by atoms with Crippen LogP contribution in [0.3, 0.4) is 0 Å². The van der Waals surface area contributed by atoms with Crippen molar-refractivity contribution in [3.63, 3.8) is 0 Å². The molecule has 6 nitrogen and oxygen atoms in total. The average Bonchev–Trinajstić information content (AvgIpc) is 3.50. The second-order valence-electron chi connectivity index (χ2n) is 7.13. The van der Waals surface area contributed by atoms with Gasteiger partial charge < -0.3 is 13.9 Å². The first kappa shape index (κ1) is 21.6. The van der Waals surface area contributed by atoms with Gasteiger partial charge in [-0.15, -0.1) is 11.3 Å². The molecule has 0 unspecified atom stereocenters. The largest absolute Gasteiger partial charge is 0.457 e. The molecule has 0 N–H and O–H groups in total. The summed E-state index contributed by atoms with van der Waals surface area (Å²) in [4.78, 5) is 29.8. The quantitative estimate of drug-likeness (QED) is 0.161. The highest BCUT2D eigenvalue weighted by Crippen LogP contribution is 2.38. The first-order valence-corrected chi connectivity index (χ1v) is 11.6. The van der Waals surface area contributed by atoms with Gasteiger partial charge in [0.2, 0.25) is 11.7 Å². The second-order valence-corrected chi connectivity index (χ2v) is 9.48. The first-order chi connectivity index (χ1) is 15.9. The lowest BCUT2D eigenvalue weighted by atomic mass is 10.1. The first-order valence-electron chi connectivity index (χ1n) is 9.66. The highest BCUT2D eigenvalue weighted by Gasteiger charge is 2.28. The number of halogens is 2. The second kappa shape index (κ2) is 8.62. The molecule has 3 heterocycles. The predicted molar refractivity (Wildman–Crippen MR) is 130 cm³/mol. The van der Waals surface area contributed by atoms with E-state index in [0.717, 1.165) is 20.1 Å². The molecule has 1 aliphatic heterocycles. The van der Waals surface area contributed by atoms with Gasteiger partial charge in [-0.3, -0.25) is 0 Å². The number of benzene rings is 2. The Morgan fingerprint density at radius 2 is 2.06 bits per heavy atom. The number of ether oxygens (including phenoxy) is 2. The molecular formula is C24H13BrClNO5S. The third-order valence-corrected chi connectivity index (χ3v) is 6.93. The number of rotatable bonds is 4. The Labute approximate surface area is 205 Å². The molecule has 0 aliphatic carbocycles. The van der Waals surface area contributed by atoms with Crippen molar-refractivity contribution < 1.29 is 23.5 Å². The monoisotopic (exact) mass is 541 g/mol. The number of carbonyl (C=O) groups excluding carboxylic acids is 2. The zero-order chi connectivity index (χ0) is 23.1. The molecule has 2 aromatic carbocycles. The van der Waals surface area contributed by atoms with E-state index in [4.69, 9.17) is 25.5 Å². The molecule has 0 fully saturated rings. The maximum absolute atomic E-state index is 12.6. The summed E-state index contributed by atoms with van der Waals surface area (Å²) in [5.74, 6) is -0.851. The Morgan fingerprint density at radius 1 is 1.21 bits per heavy atom. The molecule has 2 aromatic heterocycles. The fourth-order valence-corrected chi connectivity index (χ4v) is 5.15. The summed E-state index contributed by atoms with van der Waals surface area (Å²) in [5.41, 5.74) is 1.62. The van der Waals surface area contributed by atoms with Crippen molar-refractivity contribution >= 4 is 72.9 Å². The van der Waals surface area contributed by atoms with E-state index in [1.54, 1.807) is 24.3 Å². The minimum absolute atomic E-state index is 0.0584. The van der Waals surface area contributed by atoms with Crippen molar-refractivity contribution in [2.45, 2.75) is 6.92 Å². The standard InChI is InChI=1S/C24H13BrClNO5S/c1-12-4-6-15-19(9-12)33-21(20(15)26)22-27-16(23(28)32-22)11-13-10-14(25)5-7-17(13)31-24(29)18-3-2-8-30-18/h2-11H,1H3/b16-11+.